The Morgan fingerprint density at radius 1 is 1.06 bits per heavy atom. The molecule has 7 N–H and O–H groups in total. The molecule has 1 fully saturated rings. The fourth-order valence-corrected chi connectivity index (χ4v) is 5.99. The van der Waals surface area contributed by atoms with E-state index < -0.39 is 35.6 Å². The smallest absolute Gasteiger partial charge is 0.453 e. The molecule has 0 saturated carbocycles. The van der Waals surface area contributed by atoms with Crippen LogP contribution in [0, 0.1) is 0 Å². The van der Waals surface area contributed by atoms with Gasteiger partial charge in [0.1, 0.15) is 23.1 Å². The predicted molar refractivity (Wildman–Crippen MR) is 170 cm³/mol. The molecule has 1 aliphatic rings. The highest BCUT2D eigenvalue weighted by molar-refractivity contribution is 5.94. The van der Waals surface area contributed by atoms with Gasteiger partial charge in [-0.1, -0.05) is 6.92 Å². The first kappa shape index (κ1) is 35.8. The molecule has 5 aromatic rings. The number of pyridine rings is 2. The van der Waals surface area contributed by atoms with Crippen molar-refractivity contribution in [3.63, 3.8) is 0 Å². The highest BCUT2D eigenvalue weighted by Gasteiger charge is 2.36. The van der Waals surface area contributed by atoms with E-state index in [2.05, 4.69) is 30.4 Å². The number of carbonyl (C=O) groups excluding carboxylic acids is 1. The monoisotopic (exact) mass is 721 g/mol. The summed E-state index contributed by atoms with van der Waals surface area (Å²) in [6, 6.07) is 4.47. The third-order valence-electron chi connectivity index (χ3n) is 8.77. The number of nitrogens with zero attached hydrogens (tertiary/aromatic N) is 7. The lowest BCUT2D eigenvalue weighted by Gasteiger charge is -2.34. The van der Waals surface area contributed by atoms with Crippen LogP contribution >= 0.6 is 0 Å². The molecule has 1 aliphatic heterocycles. The zero-order valence-electron chi connectivity index (χ0n) is 27.1. The van der Waals surface area contributed by atoms with Crippen molar-refractivity contribution in [1.82, 2.24) is 38.8 Å². The van der Waals surface area contributed by atoms with E-state index in [0.29, 0.717) is 5.52 Å². The maximum Gasteiger partial charge on any atom is 0.504 e. The van der Waals surface area contributed by atoms with Gasteiger partial charge in [0, 0.05) is 55.4 Å². The van der Waals surface area contributed by atoms with Crippen molar-refractivity contribution in [2.45, 2.75) is 63.0 Å². The molecule has 0 bridgehead atoms. The first-order valence-corrected chi connectivity index (χ1v) is 15.6. The molecule has 1 amide bonds. The van der Waals surface area contributed by atoms with Crippen LogP contribution in [-0.4, -0.2) is 91.1 Å². The van der Waals surface area contributed by atoms with Crippen molar-refractivity contribution in [3.05, 3.63) is 53.5 Å². The van der Waals surface area contributed by atoms with Gasteiger partial charge in [0.15, 0.2) is 0 Å². The van der Waals surface area contributed by atoms with Crippen LogP contribution in [0.4, 0.5) is 29.6 Å². The van der Waals surface area contributed by atoms with Gasteiger partial charge in [0.2, 0.25) is 0 Å². The van der Waals surface area contributed by atoms with Crippen molar-refractivity contribution in [2.24, 2.45) is 0 Å². The number of rotatable bonds is 10. The summed E-state index contributed by atoms with van der Waals surface area (Å²) in [4.78, 5) is 34.0. The number of imidazole rings is 1. The molecule has 6 heterocycles. The largest absolute Gasteiger partial charge is 0.504 e. The Hall–Kier alpha value is -5.06. The van der Waals surface area contributed by atoms with Crippen molar-refractivity contribution >= 4 is 39.8 Å². The lowest BCUT2D eigenvalue weighted by molar-refractivity contribution is -0.374. The predicted octanol–water partition coefficient (Wildman–Crippen LogP) is 1.48. The number of anilines is 2. The van der Waals surface area contributed by atoms with Gasteiger partial charge >= 0.3 is 24.2 Å². The number of hydrogen-bond donors (Lipinski definition) is 7. The molecule has 0 radical (unpaired) electrons. The third kappa shape index (κ3) is 6.86. The normalized spacial score (nSPS) is 16.4. The van der Waals surface area contributed by atoms with Crippen LogP contribution in [0.15, 0.2) is 47.8 Å². The molecule has 6 rings (SSSR count). The third-order valence-corrected chi connectivity index (χ3v) is 8.77. The Labute approximate surface area is 284 Å². The number of halogens is 3. The molecule has 18 nitrogen and oxygen atoms in total. The second-order valence-corrected chi connectivity index (χ2v) is 12.0. The van der Waals surface area contributed by atoms with E-state index in [0.717, 1.165) is 30.3 Å². The molecule has 0 aliphatic carbocycles. The van der Waals surface area contributed by atoms with E-state index in [1.54, 1.807) is 17.6 Å². The fourth-order valence-electron chi connectivity index (χ4n) is 5.99. The van der Waals surface area contributed by atoms with Crippen molar-refractivity contribution in [2.75, 3.05) is 25.6 Å². The maximum atomic E-state index is 13.4. The number of hydrogen-bond acceptors (Lipinski definition) is 13. The van der Waals surface area contributed by atoms with E-state index in [4.69, 9.17) is 4.74 Å². The second-order valence-electron chi connectivity index (χ2n) is 12.0. The van der Waals surface area contributed by atoms with Crippen LogP contribution < -0.4 is 16.3 Å². The quantitative estimate of drug-likeness (QED) is 0.101. The number of carbonyl (C=O) groups is 1. The summed E-state index contributed by atoms with van der Waals surface area (Å²) in [5.41, 5.74) is -3.58. The van der Waals surface area contributed by atoms with Gasteiger partial charge in [0.05, 0.1) is 54.8 Å². The van der Waals surface area contributed by atoms with Crippen molar-refractivity contribution < 1.29 is 53.0 Å². The van der Waals surface area contributed by atoms with E-state index in [1.807, 2.05) is 0 Å². The summed E-state index contributed by atoms with van der Waals surface area (Å²) < 4.78 is 52.9. The maximum absolute atomic E-state index is 13.4. The number of aryl methyl sites for hydroxylation is 1. The lowest BCUT2D eigenvalue weighted by Crippen LogP contribution is -2.49. The average molecular weight is 722 g/mol. The summed E-state index contributed by atoms with van der Waals surface area (Å²) in [7, 11) is 1.11. The average Bonchev–Trinajstić information content (AvgIpc) is 3.78. The molecule has 51 heavy (non-hydrogen) atoms. The van der Waals surface area contributed by atoms with E-state index in [9.17, 15) is 48.3 Å². The number of ether oxygens (including phenoxy) is 2. The molecule has 1 atom stereocenters. The summed E-state index contributed by atoms with van der Waals surface area (Å²) in [6.07, 6.45) is -4.72. The van der Waals surface area contributed by atoms with Crippen LogP contribution in [-0.2, 0) is 34.1 Å². The number of alkyl carbamates (subject to hydrolysis) is 1. The second kappa shape index (κ2) is 12.9. The first-order chi connectivity index (χ1) is 24.0. The molecule has 1 saturated heterocycles. The van der Waals surface area contributed by atoms with E-state index in [1.165, 1.54) is 18.3 Å². The number of nitrogens with one attached hydrogen (secondary N) is 2. The molecular formula is C30H34F3N9O9. The first-order valence-electron chi connectivity index (χ1n) is 15.6. The minimum Gasteiger partial charge on any atom is -0.453 e. The van der Waals surface area contributed by atoms with Gasteiger partial charge in [0.25, 0.3) is 0 Å². The molecule has 274 valence electrons. The van der Waals surface area contributed by atoms with E-state index in [-0.39, 0.29) is 94.0 Å². The zero-order chi connectivity index (χ0) is 36.9. The number of aromatic nitrogens is 7. The highest BCUT2D eigenvalue weighted by atomic mass is 19.4. The Morgan fingerprint density at radius 3 is 2.41 bits per heavy atom. The summed E-state index contributed by atoms with van der Waals surface area (Å²) in [6.45, 7) is 1.80. The van der Waals surface area contributed by atoms with E-state index >= 15 is 0 Å². The molecule has 5 aromatic heterocycles. The number of aliphatic hydroxyl groups is 5. The van der Waals surface area contributed by atoms with Crippen molar-refractivity contribution in [3.8, 4) is 11.1 Å². The number of fused-ring (bicyclic) bond motifs is 2. The lowest BCUT2D eigenvalue weighted by atomic mass is 10.0. The standard InChI is InChI=1S/C30H34F3N9O9/c1-3-27(45,38-25(43)50-2)6-9-39-20-12-23(34-14-21(20)42(26(39)44)30(47,48)49)36-22-5-4-19-24(37-22)18(17-13-35-41(15-17)29(31,32)33)16-40(19)28(46)7-10-51-11-8-28/h4-5,12-16,45-49H,3,6-11H2,1-2H3,(H,38,43)(H,34,36,37). The Balaban J connectivity index is 1.41. The molecule has 21 heteroatoms. The van der Waals surface area contributed by atoms with Crippen molar-refractivity contribution in [1.29, 1.82) is 0 Å². The molecule has 0 spiro atoms. The van der Waals surface area contributed by atoms with Gasteiger partial charge in [-0.3, -0.25) is 9.88 Å². The van der Waals surface area contributed by atoms with Gasteiger partial charge in [-0.25, -0.2) is 24.1 Å². The van der Waals surface area contributed by atoms with Crippen LogP contribution in [0.25, 0.3) is 33.2 Å². The number of methoxy groups -OCH3 is 1. The Kier molecular flexibility index (Phi) is 9.06. The van der Waals surface area contributed by atoms with Crippen LogP contribution in [0.2, 0.25) is 0 Å². The van der Waals surface area contributed by atoms with Crippen LogP contribution in [0.5, 0.6) is 0 Å². The molecule has 0 aromatic carbocycles. The Morgan fingerprint density at radius 2 is 1.78 bits per heavy atom. The topological polar surface area (TPSA) is 236 Å². The minimum atomic E-state index is -4.77. The summed E-state index contributed by atoms with van der Waals surface area (Å²) in [5.74, 6) is 0.208. The number of alkyl halides is 3. The zero-order valence-corrected chi connectivity index (χ0v) is 27.1. The Bertz CT molecular complexity index is 2150. The van der Waals surface area contributed by atoms with Gasteiger partial charge in [-0.15, -0.1) is 13.2 Å². The fraction of sp³-hybridized carbons (Fsp3) is 0.433. The van der Waals surface area contributed by atoms with Gasteiger partial charge in [-0.05, 0) is 18.6 Å². The van der Waals surface area contributed by atoms with Gasteiger partial charge in [-0.2, -0.15) is 9.78 Å². The molecule has 1 unspecified atom stereocenters. The minimum absolute atomic E-state index is 0.00776. The highest BCUT2D eigenvalue weighted by Crippen LogP contribution is 2.38. The van der Waals surface area contributed by atoms with Gasteiger partial charge < -0.3 is 44.9 Å². The molecular weight excluding hydrogens is 687 g/mol. The van der Waals surface area contributed by atoms with Crippen LogP contribution in [0.3, 0.4) is 0 Å². The van der Waals surface area contributed by atoms with Crippen LogP contribution in [0.1, 0.15) is 32.6 Å². The summed E-state index contributed by atoms with van der Waals surface area (Å²) >= 11 is 0. The number of amides is 1. The summed E-state index contributed by atoms with van der Waals surface area (Å²) in [5, 5.41) is 61.0. The SMILES string of the molecule is CCC(O)(CCn1c(=O)n(C(O)(O)O)c2cnc(Nc3ccc4c(n3)c(-c3cnn(C(F)(F)F)c3)cn4C3(O)CCOCC3)cc21)NC(=O)OC.